The molecular formula is C21H26LiNO3. The fourth-order valence-electron chi connectivity index (χ4n) is 2.38. The van der Waals surface area contributed by atoms with Crippen LogP contribution >= 0.6 is 0 Å². The van der Waals surface area contributed by atoms with Gasteiger partial charge in [0, 0.05) is 0 Å². The molecule has 2 aromatic carbocycles. The van der Waals surface area contributed by atoms with Gasteiger partial charge in [-0.05, 0) is 45.4 Å². The van der Waals surface area contributed by atoms with Gasteiger partial charge in [0.15, 0.2) is 0 Å². The molecule has 0 radical (unpaired) electrons. The second kappa shape index (κ2) is 9.61. The van der Waals surface area contributed by atoms with Crippen LogP contribution in [0, 0.1) is 6.54 Å². The Bertz CT molecular complexity index is 681. The number of carbonyl (C=O) groups is 1. The molecule has 2 aromatic rings. The predicted molar refractivity (Wildman–Crippen MR) is 99.3 cm³/mol. The second-order valence-electron chi connectivity index (χ2n) is 6.88. The van der Waals surface area contributed by atoms with Gasteiger partial charge in [0.2, 0.25) is 0 Å². The molecule has 4 nitrogen and oxygen atoms in total. The largest absolute Gasteiger partial charge is 1.00 e. The van der Waals surface area contributed by atoms with Crippen molar-refractivity contribution in [3.8, 4) is 5.75 Å². The van der Waals surface area contributed by atoms with E-state index in [1.807, 2.05) is 88.8 Å². The zero-order valence-corrected chi connectivity index (χ0v) is 16.5. The molecule has 5 heteroatoms. The van der Waals surface area contributed by atoms with Gasteiger partial charge in [-0.3, -0.25) is 0 Å². The fourth-order valence-corrected chi connectivity index (χ4v) is 2.38. The maximum absolute atomic E-state index is 12.7. The first-order chi connectivity index (χ1) is 11.8. The van der Waals surface area contributed by atoms with Crippen molar-refractivity contribution in [3.63, 3.8) is 0 Å². The Morgan fingerprint density at radius 1 is 1.04 bits per heavy atom. The summed E-state index contributed by atoms with van der Waals surface area (Å²) in [4.78, 5) is 14.4. The van der Waals surface area contributed by atoms with E-state index in [9.17, 15) is 4.79 Å². The van der Waals surface area contributed by atoms with E-state index in [1.54, 1.807) is 12.0 Å². The molecule has 0 spiro atoms. The molecule has 0 unspecified atom stereocenters. The van der Waals surface area contributed by atoms with Crippen LogP contribution in [-0.2, 0) is 4.74 Å². The smallest absolute Gasteiger partial charge is 0.497 e. The van der Waals surface area contributed by atoms with Gasteiger partial charge in [-0.1, -0.05) is 24.7 Å². The Balaban J connectivity index is 0.00000338. The normalized spacial score (nSPS) is 11.7. The van der Waals surface area contributed by atoms with Crippen molar-refractivity contribution in [2.24, 2.45) is 0 Å². The first kappa shape index (κ1) is 22.0. The van der Waals surface area contributed by atoms with Gasteiger partial charge in [0.1, 0.15) is 11.4 Å². The first-order valence-electron chi connectivity index (χ1n) is 8.35. The monoisotopic (exact) mass is 347 g/mol. The Hall–Kier alpha value is -2.02. The summed E-state index contributed by atoms with van der Waals surface area (Å²) in [6, 6.07) is 17.3. The first-order valence-corrected chi connectivity index (χ1v) is 8.35. The Morgan fingerprint density at radius 3 is 2.12 bits per heavy atom. The van der Waals surface area contributed by atoms with Crippen LogP contribution in [0.1, 0.15) is 44.9 Å². The molecule has 0 aliphatic rings. The Morgan fingerprint density at radius 2 is 1.62 bits per heavy atom. The van der Waals surface area contributed by atoms with Crippen molar-refractivity contribution in [2.75, 3.05) is 7.11 Å². The number of methoxy groups -OCH3 is 1. The van der Waals surface area contributed by atoms with E-state index >= 15 is 0 Å². The van der Waals surface area contributed by atoms with Crippen molar-refractivity contribution >= 4 is 6.09 Å². The Labute approximate surface area is 168 Å². The van der Waals surface area contributed by atoms with Gasteiger partial charge in [-0.25, -0.2) is 4.79 Å². The summed E-state index contributed by atoms with van der Waals surface area (Å²) >= 11 is 0. The van der Waals surface area contributed by atoms with Crippen molar-refractivity contribution in [1.29, 1.82) is 0 Å². The molecule has 0 saturated carbocycles. The van der Waals surface area contributed by atoms with Crippen LogP contribution in [0.5, 0.6) is 5.75 Å². The fraction of sp³-hybridized carbons (Fsp3) is 0.333. The predicted octanol–water partition coefficient (Wildman–Crippen LogP) is 2.21. The van der Waals surface area contributed by atoms with Crippen LogP contribution in [0.2, 0.25) is 0 Å². The molecule has 0 aliphatic heterocycles. The third-order valence-electron chi connectivity index (χ3n) is 3.71. The van der Waals surface area contributed by atoms with E-state index in [-0.39, 0.29) is 31.0 Å². The minimum Gasteiger partial charge on any atom is -0.497 e. The molecule has 0 heterocycles. The number of rotatable bonds is 5. The van der Waals surface area contributed by atoms with Gasteiger partial charge < -0.3 is 14.4 Å². The topological polar surface area (TPSA) is 38.8 Å². The minimum atomic E-state index is -0.556. The molecule has 26 heavy (non-hydrogen) atoms. The zero-order valence-electron chi connectivity index (χ0n) is 16.5. The van der Waals surface area contributed by atoms with Crippen LogP contribution in [0.4, 0.5) is 4.79 Å². The molecule has 0 bridgehead atoms. The molecule has 0 fully saturated rings. The summed E-state index contributed by atoms with van der Waals surface area (Å²) in [5.74, 6) is 0.784. The molecular weight excluding hydrogens is 321 g/mol. The van der Waals surface area contributed by atoms with Crippen molar-refractivity contribution < 1.29 is 33.1 Å². The number of nitrogens with zero attached hydrogens (tertiary/aromatic N) is 1. The van der Waals surface area contributed by atoms with Gasteiger partial charge >= 0.3 is 25.0 Å². The standard InChI is InChI=1S/C21H26NO3.Li/c1-16(18-11-13-19(24-5)14-12-18)22(20(23)25-21(2,3)4)15-17-9-7-6-8-10-17;/h6-16H,1-5H3;/q-1;+1/t16-;/m0./s1. The van der Waals surface area contributed by atoms with Gasteiger partial charge in [-0.2, -0.15) is 17.7 Å². The number of ether oxygens (including phenoxy) is 2. The molecule has 0 N–H and O–H groups in total. The van der Waals surface area contributed by atoms with Gasteiger partial charge in [0.25, 0.3) is 0 Å². The average Bonchev–Trinajstić information content (AvgIpc) is 2.58. The molecule has 134 valence electrons. The van der Waals surface area contributed by atoms with Crippen LogP contribution in [-0.4, -0.2) is 23.7 Å². The minimum absolute atomic E-state index is 0. The summed E-state index contributed by atoms with van der Waals surface area (Å²) in [7, 11) is 1.63. The van der Waals surface area contributed by atoms with Crippen molar-refractivity contribution in [1.82, 2.24) is 4.90 Å². The summed E-state index contributed by atoms with van der Waals surface area (Å²) in [6.07, 6.45) is -0.375. The number of carbonyl (C=O) groups excluding carboxylic acids is 1. The molecule has 1 atom stereocenters. The number of hydrogen-bond acceptors (Lipinski definition) is 3. The maximum atomic E-state index is 12.7. The zero-order chi connectivity index (χ0) is 18.4. The van der Waals surface area contributed by atoms with E-state index in [2.05, 4.69) is 0 Å². The molecule has 2 rings (SSSR count). The Kier molecular flexibility index (Phi) is 8.14. The van der Waals surface area contributed by atoms with Crippen LogP contribution < -0.4 is 23.6 Å². The van der Waals surface area contributed by atoms with Crippen LogP contribution in [0.25, 0.3) is 0 Å². The van der Waals surface area contributed by atoms with Crippen molar-refractivity contribution in [2.45, 2.75) is 39.3 Å². The molecule has 0 aliphatic carbocycles. The summed E-state index contributed by atoms with van der Waals surface area (Å²) in [5, 5.41) is 0. The molecule has 0 saturated heterocycles. The van der Waals surface area contributed by atoms with Gasteiger partial charge in [-0.15, -0.1) is 12.1 Å². The van der Waals surface area contributed by atoms with E-state index < -0.39 is 5.60 Å². The van der Waals surface area contributed by atoms with Crippen molar-refractivity contribution in [3.05, 3.63) is 72.3 Å². The number of benzene rings is 2. The SMILES string of the molecule is COc1ccc([C@H](C)N([CH-]c2ccccc2)C(=O)OC(C)(C)C)cc1.[Li+]. The number of hydrogen-bond donors (Lipinski definition) is 0. The second-order valence-corrected chi connectivity index (χ2v) is 6.88. The van der Waals surface area contributed by atoms with E-state index in [0.717, 1.165) is 16.9 Å². The number of amides is 1. The summed E-state index contributed by atoms with van der Waals surface area (Å²) in [5.41, 5.74) is 1.38. The van der Waals surface area contributed by atoms with E-state index in [0.29, 0.717) is 0 Å². The van der Waals surface area contributed by atoms with Crippen LogP contribution in [0.15, 0.2) is 54.6 Å². The third-order valence-corrected chi connectivity index (χ3v) is 3.71. The average molecular weight is 347 g/mol. The van der Waals surface area contributed by atoms with Gasteiger partial charge in [0.05, 0.1) is 13.2 Å². The van der Waals surface area contributed by atoms with Crippen LogP contribution in [0.3, 0.4) is 0 Å². The molecule has 0 aromatic heterocycles. The molecule has 1 amide bonds. The third kappa shape index (κ3) is 6.37. The van der Waals surface area contributed by atoms with E-state index in [4.69, 9.17) is 9.47 Å². The summed E-state index contributed by atoms with van der Waals surface area (Å²) in [6.45, 7) is 9.39. The summed E-state index contributed by atoms with van der Waals surface area (Å²) < 4.78 is 10.8. The quantitative estimate of drug-likeness (QED) is 0.615. The van der Waals surface area contributed by atoms with E-state index in [1.165, 1.54) is 0 Å². The maximum Gasteiger partial charge on any atom is 1.00 e.